The number of carbonyl (C=O) groups is 1. The molecular weight excluding hydrogens is 518 g/mol. The van der Waals surface area contributed by atoms with Gasteiger partial charge in [0.25, 0.3) is 0 Å². The molecule has 6 nitrogen and oxygen atoms in total. The number of likely N-dealkylation sites (N-methyl/N-ethyl adjacent to an activating group) is 1. The van der Waals surface area contributed by atoms with Crippen LogP contribution in [0.4, 0.5) is 0 Å². The van der Waals surface area contributed by atoms with Crippen LogP contribution in [0.25, 0.3) is 22.5 Å². The molecule has 0 bridgehead atoms. The van der Waals surface area contributed by atoms with Crippen molar-refractivity contribution in [2.24, 2.45) is 0 Å². The Balaban J connectivity index is 1.39. The van der Waals surface area contributed by atoms with Gasteiger partial charge in [0.1, 0.15) is 0 Å². The number of hydrogen-bond donors (Lipinski definition) is 0. The number of ether oxygens (including phenoxy) is 2. The molecule has 7 heteroatoms. The summed E-state index contributed by atoms with van der Waals surface area (Å²) in [6.07, 6.45) is 2.05. The van der Waals surface area contributed by atoms with Crippen molar-refractivity contribution in [1.82, 2.24) is 14.5 Å². The van der Waals surface area contributed by atoms with E-state index in [9.17, 15) is 4.79 Å². The average molecular weight is 558 g/mol. The third kappa shape index (κ3) is 7.07. The summed E-state index contributed by atoms with van der Waals surface area (Å²) in [5.41, 5.74) is 5.50. The SMILES string of the molecule is COc1ccc(CCN(C)C(=O)CCCSc2nc(-c3ccccc3)c(-c3ccccc3)n2C(C)C)cc1OC. The van der Waals surface area contributed by atoms with Crippen molar-refractivity contribution in [3.63, 3.8) is 0 Å². The molecule has 0 radical (unpaired) electrons. The minimum absolute atomic E-state index is 0.156. The number of amides is 1. The molecule has 3 aromatic carbocycles. The number of aromatic nitrogens is 2. The van der Waals surface area contributed by atoms with E-state index in [0.717, 1.165) is 51.8 Å². The lowest BCUT2D eigenvalue weighted by molar-refractivity contribution is -0.129. The van der Waals surface area contributed by atoms with Gasteiger partial charge in [-0.15, -0.1) is 0 Å². The fourth-order valence-corrected chi connectivity index (χ4v) is 5.77. The van der Waals surface area contributed by atoms with E-state index in [0.29, 0.717) is 24.5 Å². The maximum Gasteiger partial charge on any atom is 0.222 e. The smallest absolute Gasteiger partial charge is 0.222 e. The number of thioether (sulfide) groups is 1. The Morgan fingerprint density at radius 3 is 2.20 bits per heavy atom. The quantitative estimate of drug-likeness (QED) is 0.127. The predicted molar refractivity (Wildman–Crippen MR) is 164 cm³/mol. The van der Waals surface area contributed by atoms with Gasteiger partial charge in [-0.25, -0.2) is 4.98 Å². The number of hydrogen-bond acceptors (Lipinski definition) is 5. The molecule has 0 spiro atoms. The van der Waals surface area contributed by atoms with E-state index in [1.807, 2.05) is 42.3 Å². The van der Waals surface area contributed by atoms with E-state index in [2.05, 4.69) is 66.9 Å². The van der Waals surface area contributed by atoms with Gasteiger partial charge in [0, 0.05) is 42.9 Å². The van der Waals surface area contributed by atoms with E-state index >= 15 is 0 Å². The van der Waals surface area contributed by atoms with Crippen molar-refractivity contribution in [3.8, 4) is 34.0 Å². The lowest BCUT2D eigenvalue weighted by atomic mass is 10.0. The van der Waals surface area contributed by atoms with Gasteiger partial charge < -0.3 is 18.9 Å². The molecule has 0 aliphatic heterocycles. The largest absolute Gasteiger partial charge is 0.493 e. The molecule has 4 aromatic rings. The Morgan fingerprint density at radius 1 is 0.925 bits per heavy atom. The molecule has 0 N–H and O–H groups in total. The van der Waals surface area contributed by atoms with Crippen LogP contribution in [0.1, 0.15) is 38.3 Å². The first-order valence-electron chi connectivity index (χ1n) is 13.7. The first-order chi connectivity index (χ1) is 19.4. The fourth-order valence-electron chi connectivity index (χ4n) is 4.70. The molecule has 0 saturated carbocycles. The Kier molecular flexibility index (Phi) is 10.3. The van der Waals surface area contributed by atoms with Crippen LogP contribution >= 0.6 is 11.8 Å². The van der Waals surface area contributed by atoms with Crippen LogP contribution in [0.2, 0.25) is 0 Å². The highest BCUT2D eigenvalue weighted by Crippen LogP contribution is 2.38. The number of methoxy groups -OCH3 is 2. The Morgan fingerprint density at radius 2 is 1.57 bits per heavy atom. The van der Waals surface area contributed by atoms with Gasteiger partial charge in [0.05, 0.1) is 25.6 Å². The average Bonchev–Trinajstić information content (AvgIpc) is 3.38. The summed E-state index contributed by atoms with van der Waals surface area (Å²) in [6, 6.07) is 27.0. The molecule has 0 aliphatic rings. The van der Waals surface area contributed by atoms with Crippen molar-refractivity contribution in [1.29, 1.82) is 0 Å². The normalized spacial score (nSPS) is 11.1. The maximum atomic E-state index is 12.9. The maximum absolute atomic E-state index is 12.9. The van der Waals surface area contributed by atoms with Crippen molar-refractivity contribution >= 4 is 17.7 Å². The van der Waals surface area contributed by atoms with Crippen LogP contribution in [0.5, 0.6) is 11.5 Å². The summed E-state index contributed by atoms with van der Waals surface area (Å²) >= 11 is 1.73. The number of imidazole rings is 1. The Hall–Kier alpha value is -3.71. The van der Waals surface area contributed by atoms with Crippen molar-refractivity contribution in [2.45, 2.75) is 44.3 Å². The molecule has 1 heterocycles. The number of carbonyl (C=O) groups excluding carboxylic acids is 1. The monoisotopic (exact) mass is 557 g/mol. The molecule has 1 aromatic heterocycles. The third-order valence-corrected chi connectivity index (χ3v) is 7.90. The van der Waals surface area contributed by atoms with Crippen LogP contribution in [0.15, 0.2) is 84.0 Å². The topological polar surface area (TPSA) is 56.6 Å². The Labute approximate surface area is 242 Å². The fraction of sp³-hybridized carbons (Fsp3) is 0.333. The van der Waals surface area contributed by atoms with Crippen LogP contribution in [-0.4, -0.2) is 53.9 Å². The number of nitrogens with zero attached hydrogens (tertiary/aromatic N) is 3. The van der Waals surface area contributed by atoms with E-state index in [4.69, 9.17) is 14.5 Å². The third-order valence-electron chi connectivity index (χ3n) is 6.87. The molecule has 0 atom stereocenters. The van der Waals surface area contributed by atoms with Crippen LogP contribution < -0.4 is 9.47 Å². The van der Waals surface area contributed by atoms with Crippen molar-refractivity contribution < 1.29 is 14.3 Å². The second kappa shape index (κ2) is 14.1. The molecular formula is C33H39N3O3S. The molecule has 0 aliphatic carbocycles. The lowest BCUT2D eigenvalue weighted by Crippen LogP contribution is -2.28. The molecule has 210 valence electrons. The molecule has 0 fully saturated rings. The zero-order valence-corrected chi connectivity index (χ0v) is 24.9. The lowest BCUT2D eigenvalue weighted by Gasteiger charge is -2.18. The summed E-state index contributed by atoms with van der Waals surface area (Å²) in [7, 11) is 5.14. The van der Waals surface area contributed by atoms with Crippen molar-refractivity contribution in [2.75, 3.05) is 33.6 Å². The van der Waals surface area contributed by atoms with E-state index in [1.54, 1.807) is 26.0 Å². The summed E-state index contributed by atoms with van der Waals surface area (Å²) in [4.78, 5) is 19.8. The molecule has 1 amide bonds. The van der Waals surface area contributed by atoms with E-state index < -0.39 is 0 Å². The van der Waals surface area contributed by atoms with Gasteiger partial charge in [-0.05, 0) is 44.4 Å². The second-order valence-electron chi connectivity index (χ2n) is 9.99. The molecule has 4 rings (SSSR count). The highest BCUT2D eigenvalue weighted by molar-refractivity contribution is 7.99. The van der Waals surface area contributed by atoms with Gasteiger partial charge in [0.2, 0.25) is 5.91 Å². The summed E-state index contributed by atoms with van der Waals surface area (Å²) in [5.74, 6) is 2.39. The summed E-state index contributed by atoms with van der Waals surface area (Å²) in [5, 5.41) is 0.988. The minimum Gasteiger partial charge on any atom is -0.493 e. The van der Waals surface area contributed by atoms with Gasteiger partial charge in [-0.3, -0.25) is 4.79 Å². The minimum atomic E-state index is 0.156. The van der Waals surface area contributed by atoms with Crippen LogP contribution in [0.3, 0.4) is 0 Å². The molecule has 0 saturated heterocycles. The highest BCUT2D eigenvalue weighted by atomic mass is 32.2. The predicted octanol–water partition coefficient (Wildman–Crippen LogP) is 7.39. The van der Waals surface area contributed by atoms with E-state index in [-0.39, 0.29) is 11.9 Å². The number of benzene rings is 3. The first kappa shape index (κ1) is 29.3. The summed E-state index contributed by atoms with van der Waals surface area (Å²) < 4.78 is 13.1. The molecule has 40 heavy (non-hydrogen) atoms. The van der Waals surface area contributed by atoms with Gasteiger partial charge in [0.15, 0.2) is 16.7 Å². The standard InChI is InChI=1S/C33H39N3O3S/c1-24(2)36-32(27-15-10-7-11-16-27)31(26-13-8-6-9-14-26)34-33(36)40-22-12-17-30(37)35(3)21-20-25-18-19-28(38-4)29(23-25)39-5/h6-11,13-16,18-19,23-24H,12,17,20-22H2,1-5H3. The second-order valence-corrected chi connectivity index (χ2v) is 11.1. The van der Waals surface area contributed by atoms with Gasteiger partial charge in [-0.1, -0.05) is 78.5 Å². The zero-order chi connectivity index (χ0) is 28.5. The highest BCUT2D eigenvalue weighted by Gasteiger charge is 2.22. The van der Waals surface area contributed by atoms with Gasteiger partial charge in [-0.2, -0.15) is 0 Å². The zero-order valence-electron chi connectivity index (χ0n) is 24.1. The van der Waals surface area contributed by atoms with Crippen molar-refractivity contribution in [3.05, 3.63) is 84.4 Å². The number of rotatable bonds is 13. The van der Waals surface area contributed by atoms with Crippen LogP contribution in [0, 0.1) is 0 Å². The Bertz CT molecular complexity index is 1390. The van der Waals surface area contributed by atoms with Crippen LogP contribution in [-0.2, 0) is 11.2 Å². The van der Waals surface area contributed by atoms with Gasteiger partial charge >= 0.3 is 0 Å². The molecule has 0 unspecified atom stereocenters. The first-order valence-corrected chi connectivity index (χ1v) is 14.7. The van der Waals surface area contributed by atoms with E-state index in [1.165, 1.54) is 0 Å². The summed E-state index contributed by atoms with van der Waals surface area (Å²) in [6.45, 7) is 5.05.